The summed E-state index contributed by atoms with van der Waals surface area (Å²) in [6, 6.07) is 0. The van der Waals surface area contributed by atoms with Crippen LogP contribution >= 0.6 is 0 Å². The van der Waals surface area contributed by atoms with E-state index >= 15 is 0 Å². The highest BCUT2D eigenvalue weighted by Gasteiger charge is 2.40. The number of likely N-dealkylation sites (tertiary alicyclic amines) is 1. The van der Waals surface area contributed by atoms with Crippen LogP contribution in [-0.2, 0) is 4.74 Å². The van der Waals surface area contributed by atoms with E-state index in [2.05, 4.69) is 24.0 Å². The summed E-state index contributed by atoms with van der Waals surface area (Å²) >= 11 is 0. The number of rotatable bonds is 2. The van der Waals surface area contributed by atoms with Crippen molar-refractivity contribution in [3.05, 3.63) is 12.2 Å². The maximum atomic E-state index is 5.49. The van der Waals surface area contributed by atoms with Crippen LogP contribution in [-0.4, -0.2) is 37.7 Å². The zero-order valence-corrected chi connectivity index (χ0v) is 8.46. The molecule has 74 valence electrons. The Kier molecular flexibility index (Phi) is 2.70. The first-order chi connectivity index (χ1) is 6.35. The molecule has 2 nitrogen and oxygen atoms in total. The molecule has 2 aliphatic heterocycles. The first-order valence-corrected chi connectivity index (χ1v) is 5.26. The summed E-state index contributed by atoms with van der Waals surface area (Å²) in [5.41, 5.74) is 0.529. The molecule has 2 fully saturated rings. The van der Waals surface area contributed by atoms with Gasteiger partial charge in [0.25, 0.3) is 0 Å². The van der Waals surface area contributed by atoms with E-state index in [-0.39, 0.29) is 0 Å². The molecule has 13 heavy (non-hydrogen) atoms. The lowest BCUT2D eigenvalue weighted by atomic mass is 9.87. The molecule has 2 heteroatoms. The van der Waals surface area contributed by atoms with Gasteiger partial charge in [-0.2, -0.15) is 0 Å². The second-order valence-electron chi connectivity index (χ2n) is 4.36. The fraction of sp³-hybridized carbons (Fsp3) is 0.818. The Morgan fingerprint density at radius 1 is 1.46 bits per heavy atom. The van der Waals surface area contributed by atoms with Crippen molar-refractivity contribution in [3.63, 3.8) is 0 Å². The van der Waals surface area contributed by atoms with Gasteiger partial charge in [0.1, 0.15) is 0 Å². The molecule has 2 rings (SSSR count). The predicted molar refractivity (Wildman–Crippen MR) is 53.7 cm³/mol. The lowest BCUT2D eigenvalue weighted by molar-refractivity contribution is 0.153. The van der Waals surface area contributed by atoms with E-state index in [1.807, 2.05) is 0 Å². The molecular formula is C11H19NO. The first-order valence-electron chi connectivity index (χ1n) is 5.26. The van der Waals surface area contributed by atoms with Crippen molar-refractivity contribution in [3.8, 4) is 0 Å². The summed E-state index contributed by atoms with van der Waals surface area (Å²) in [5, 5.41) is 0. The minimum Gasteiger partial charge on any atom is -0.381 e. The zero-order chi connectivity index (χ0) is 9.15. The van der Waals surface area contributed by atoms with E-state index < -0.39 is 0 Å². The summed E-state index contributed by atoms with van der Waals surface area (Å²) in [5.74, 6) is 0. The van der Waals surface area contributed by atoms with Gasteiger partial charge in [0.05, 0.1) is 6.61 Å². The largest absolute Gasteiger partial charge is 0.381 e. The third-order valence-electron chi connectivity index (χ3n) is 3.30. The average molecular weight is 181 g/mol. The summed E-state index contributed by atoms with van der Waals surface area (Å²) in [6.07, 6.45) is 6.99. The number of allylic oxidation sites excluding steroid dienone is 1. The Hall–Kier alpha value is -0.340. The Balaban J connectivity index is 1.86. The normalized spacial score (nSPS) is 35.5. The second-order valence-corrected chi connectivity index (χ2v) is 4.36. The summed E-state index contributed by atoms with van der Waals surface area (Å²) in [6.45, 7) is 7.70. The predicted octanol–water partition coefficient (Wildman–Crippen LogP) is 1.67. The van der Waals surface area contributed by atoms with Gasteiger partial charge in [0.15, 0.2) is 0 Å². The van der Waals surface area contributed by atoms with Crippen LogP contribution in [0.1, 0.15) is 19.8 Å². The summed E-state index contributed by atoms with van der Waals surface area (Å²) in [4.78, 5) is 2.54. The van der Waals surface area contributed by atoms with Crippen LogP contribution in [0.25, 0.3) is 0 Å². The Morgan fingerprint density at radius 2 is 2.38 bits per heavy atom. The highest BCUT2D eigenvalue weighted by Crippen LogP contribution is 2.37. The standard InChI is InChI=1S/C11H19NO/c1-2-3-6-12-7-4-11(9-12)5-8-13-10-11/h2-3H,4-10H2,1H3/b3-2+. The molecule has 1 atom stereocenters. The van der Waals surface area contributed by atoms with E-state index in [0.717, 1.165) is 19.8 Å². The molecule has 1 unspecified atom stereocenters. The third-order valence-corrected chi connectivity index (χ3v) is 3.30. The van der Waals surface area contributed by atoms with Gasteiger partial charge in [0, 0.05) is 25.1 Å². The quantitative estimate of drug-likeness (QED) is 0.601. The maximum Gasteiger partial charge on any atom is 0.0536 e. The Bertz CT molecular complexity index is 194. The highest BCUT2D eigenvalue weighted by atomic mass is 16.5. The minimum absolute atomic E-state index is 0.529. The van der Waals surface area contributed by atoms with Crippen molar-refractivity contribution >= 4 is 0 Å². The van der Waals surface area contributed by atoms with E-state index in [1.165, 1.54) is 25.9 Å². The smallest absolute Gasteiger partial charge is 0.0536 e. The summed E-state index contributed by atoms with van der Waals surface area (Å²) < 4.78 is 5.49. The van der Waals surface area contributed by atoms with Crippen molar-refractivity contribution in [2.24, 2.45) is 5.41 Å². The van der Waals surface area contributed by atoms with E-state index in [1.54, 1.807) is 0 Å². The number of nitrogens with zero attached hydrogens (tertiary/aromatic N) is 1. The van der Waals surface area contributed by atoms with Crippen LogP contribution < -0.4 is 0 Å². The van der Waals surface area contributed by atoms with E-state index in [4.69, 9.17) is 4.74 Å². The molecule has 0 N–H and O–H groups in total. The third kappa shape index (κ3) is 1.94. The minimum atomic E-state index is 0.529. The van der Waals surface area contributed by atoms with Crippen molar-refractivity contribution in [1.82, 2.24) is 4.90 Å². The number of hydrogen-bond acceptors (Lipinski definition) is 2. The van der Waals surface area contributed by atoms with E-state index in [9.17, 15) is 0 Å². The van der Waals surface area contributed by atoms with E-state index in [0.29, 0.717) is 5.41 Å². The van der Waals surface area contributed by atoms with Crippen LogP contribution in [0.2, 0.25) is 0 Å². The van der Waals surface area contributed by atoms with Crippen molar-refractivity contribution in [2.75, 3.05) is 32.8 Å². The molecule has 1 spiro atoms. The molecule has 0 aromatic carbocycles. The maximum absolute atomic E-state index is 5.49. The van der Waals surface area contributed by atoms with Crippen LogP contribution in [0.3, 0.4) is 0 Å². The first kappa shape index (κ1) is 9.22. The second kappa shape index (κ2) is 3.81. The van der Waals surface area contributed by atoms with Crippen molar-refractivity contribution in [2.45, 2.75) is 19.8 Å². The van der Waals surface area contributed by atoms with Crippen molar-refractivity contribution in [1.29, 1.82) is 0 Å². The monoisotopic (exact) mass is 181 g/mol. The van der Waals surface area contributed by atoms with Gasteiger partial charge in [-0.3, -0.25) is 4.90 Å². The van der Waals surface area contributed by atoms with Gasteiger partial charge in [-0.05, 0) is 26.3 Å². The Morgan fingerprint density at radius 3 is 3.08 bits per heavy atom. The lowest BCUT2D eigenvalue weighted by Gasteiger charge is -2.21. The van der Waals surface area contributed by atoms with Crippen molar-refractivity contribution < 1.29 is 4.74 Å². The summed E-state index contributed by atoms with van der Waals surface area (Å²) in [7, 11) is 0. The molecule has 0 amide bonds. The number of hydrogen-bond donors (Lipinski definition) is 0. The van der Waals surface area contributed by atoms with Gasteiger partial charge in [-0.15, -0.1) is 0 Å². The van der Waals surface area contributed by atoms with Crippen LogP contribution in [0, 0.1) is 5.41 Å². The fourth-order valence-electron chi connectivity index (χ4n) is 2.41. The van der Waals surface area contributed by atoms with Gasteiger partial charge in [0.2, 0.25) is 0 Å². The molecule has 0 aliphatic carbocycles. The van der Waals surface area contributed by atoms with Gasteiger partial charge < -0.3 is 4.74 Å². The molecule has 2 heterocycles. The molecule has 2 aliphatic rings. The molecule has 0 aromatic heterocycles. The van der Waals surface area contributed by atoms with Gasteiger partial charge in [-0.1, -0.05) is 12.2 Å². The number of ether oxygens (including phenoxy) is 1. The molecule has 0 saturated carbocycles. The van der Waals surface area contributed by atoms with Crippen LogP contribution in [0.4, 0.5) is 0 Å². The highest BCUT2D eigenvalue weighted by molar-refractivity contribution is 4.94. The molecule has 0 aromatic rings. The van der Waals surface area contributed by atoms with Crippen LogP contribution in [0.15, 0.2) is 12.2 Å². The van der Waals surface area contributed by atoms with Gasteiger partial charge >= 0.3 is 0 Å². The Labute approximate surface area is 80.6 Å². The molecule has 2 saturated heterocycles. The molecule has 0 bridgehead atoms. The SMILES string of the molecule is C/C=C/CN1CCC2(CCOC2)C1. The average Bonchev–Trinajstić information content (AvgIpc) is 2.74. The zero-order valence-electron chi connectivity index (χ0n) is 8.46. The topological polar surface area (TPSA) is 12.5 Å². The van der Waals surface area contributed by atoms with Gasteiger partial charge in [-0.25, -0.2) is 0 Å². The lowest BCUT2D eigenvalue weighted by Crippen LogP contribution is -2.27. The fourth-order valence-corrected chi connectivity index (χ4v) is 2.41. The van der Waals surface area contributed by atoms with Crippen LogP contribution in [0.5, 0.6) is 0 Å². The molecule has 0 radical (unpaired) electrons. The molecular weight excluding hydrogens is 162 g/mol.